The van der Waals surface area contributed by atoms with Crippen LogP contribution in [-0.4, -0.2) is 24.5 Å². The monoisotopic (exact) mass is 223 g/mol. The van der Waals surface area contributed by atoms with Crippen molar-refractivity contribution in [2.24, 2.45) is 14.1 Å². The zero-order valence-electron chi connectivity index (χ0n) is 8.98. The van der Waals surface area contributed by atoms with E-state index in [0.29, 0.717) is 4.77 Å². The summed E-state index contributed by atoms with van der Waals surface area (Å²) in [7, 11) is 3.75. The normalized spacial score (nSPS) is 10.9. The highest BCUT2D eigenvalue weighted by molar-refractivity contribution is 7.71. The van der Waals surface area contributed by atoms with E-state index in [9.17, 15) is 0 Å². The van der Waals surface area contributed by atoms with E-state index in [0.717, 1.165) is 23.5 Å². The van der Waals surface area contributed by atoms with Gasteiger partial charge in [0.1, 0.15) is 0 Å². The molecule has 0 bridgehead atoms. The van der Waals surface area contributed by atoms with Gasteiger partial charge in [0.15, 0.2) is 5.82 Å². The van der Waals surface area contributed by atoms with E-state index in [4.69, 9.17) is 12.2 Å². The SMILES string of the molecule is CCc1nn(C)cc1-c1nc(=S)n(C)[nH]1. The third-order valence-electron chi connectivity index (χ3n) is 2.26. The number of nitrogens with zero attached hydrogens (tertiary/aromatic N) is 4. The highest BCUT2D eigenvalue weighted by Crippen LogP contribution is 2.18. The van der Waals surface area contributed by atoms with Crippen molar-refractivity contribution < 1.29 is 0 Å². The summed E-state index contributed by atoms with van der Waals surface area (Å²) in [6.45, 7) is 2.07. The number of hydrogen-bond acceptors (Lipinski definition) is 3. The molecule has 2 rings (SSSR count). The Kier molecular flexibility index (Phi) is 2.44. The molecule has 0 aliphatic carbocycles. The number of hydrogen-bond donors (Lipinski definition) is 1. The molecular formula is C9H13N5S. The average molecular weight is 223 g/mol. The van der Waals surface area contributed by atoms with Crippen molar-refractivity contribution >= 4 is 12.2 Å². The molecule has 1 N–H and O–H groups in total. The van der Waals surface area contributed by atoms with Gasteiger partial charge < -0.3 is 0 Å². The molecule has 80 valence electrons. The van der Waals surface area contributed by atoms with Crippen molar-refractivity contribution in [2.45, 2.75) is 13.3 Å². The molecule has 0 spiro atoms. The first-order chi connectivity index (χ1) is 7.11. The van der Waals surface area contributed by atoms with E-state index in [1.54, 1.807) is 9.36 Å². The predicted molar refractivity (Wildman–Crippen MR) is 60.0 cm³/mol. The first-order valence-electron chi connectivity index (χ1n) is 4.77. The molecule has 0 aliphatic rings. The van der Waals surface area contributed by atoms with Gasteiger partial charge >= 0.3 is 0 Å². The van der Waals surface area contributed by atoms with E-state index in [1.807, 2.05) is 20.3 Å². The molecule has 2 heterocycles. The van der Waals surface area contributed by atoms with E-state index in [1.165, 1.54) is 0 Å². The fraction of sp³-hybridized carbons (Fsp3) is 0.444. The van der Waals surface area contributed by atoms with Crippen LogP contribution < -0.4 is 0 Å². The van der Waals surface area contributed by atoms with Gasteiger partial charge in [-0.1, -0.05) is 6.92 Å². The minimum Gasteiger partial charge on any atom is -0.279 e. The Morgan fingerprint density at radius 3 is 2.73 bits per heavy atom. The lowest BCUT2D eigenvalue weighted by molar-refractivity contribution is 0.746. The summed E-state index contributed by atoms with van der Waals surface area (Å²) in [5.41, 5.74) is 2.05. The Balaban J connectivity index is 2.57. The molecule has 0 saturated carbocycles. The molecule has 0 radical (unpaired) electrons. The molecule has 0 saturated heterocycles. The van der Waals surface area contributed by atoms with Crippen molar-refractivity contribution in [1.29, 1.82) is 0 Å². The molecule has 5 nitrogen and oxygen atoms in total. The van der Waals surface area contributed by atoms with Crippen LogP contribution in [0.2, 0.25) is 0 Å². The second-order valence-corrected chi connectivity index (χ2v) is 3.80. The zero-order valence-corrected chi connectivity index (χ0v) is 9.80. The third kappa shape index (κ3) is 1.72. The second-order valence-electron chi connectivity index (χ2n) is 3.43. The molecule has 0 aliphatic heterocycles. The van der Waals surface area contributed by atoms with Crippen LogP contribution in [0.25, 0.3) is 11.4 Å². The Bertz CT molecular complexity index is 533. The number of nitrogens with one attached hydrogen (secondary N) is 1. The van der Waals surface area contributed by atoms with Gasteiger partial charge in [-0.15, -0.1) is 0 Å². The lowest BCUT2D eigenvalue weighted by Crippen LogP contribution is -1.91. The smallest absolute Gasteiger partial charge is 0.216 e. The number of H-pyrrole nitrogens is 1. The van der Waals surface area contributed by atoms with Crippen molar-refractivity contribution in [2.75, 3.05) is 0 Å². The Hall–Kier alpha value is -1.43. The third-order valence-corrected chi connectivity index (χ3v) is 2.63. The predicted octanol–water partition coefficient (Wildman–Crippen LogP) is 1.44. The van der Waals surface area contributed by atoms with E-state index in [-0.39, 0.29) is 0 Å². The molecular weight excluding hydrogens is 210 g/mol. The van der Waals surface area contributed by atoms with E-state index in [2.05, 4.69) is 22.1 Å². The number of aromatic nitrogens is 5. The quantitative estimate of drug-likeness (QED) is 0.784. The summed E-state index contributed by atoms with van der Waals surface area (Å²) in [6, 6.07) is 0. The van der Waals surface area contributed by atoms with Gasteiger partial charge in [-0.05, 0) is 18.6 Å². The molecule has 0 unspecified atom stereocenters. The summed E-state index contributed by atoms with van der Waals surface area (Å²) in [5, 5.41) is 7.45. The summed E-state index contributed by atoms with van der Waals surface area (Å²) in [5.74, 6) is 0.785. The van der Waals surface area contributed by atoms with E-state index >= 15 is 0 Å². The van der Waals surface area contributed by atoms with Crippen LogP contribution in [0, 0.1) is 4.77 Å². The highest BCUT2D eigenvalue weighted by Gasteiger charge is 2.11. The first-order valence-corrected chi connectivity index (χ1v) is 5.18. The largest absolute Gasteiger partial charge is 0.279 e. The standard InChI is InChI=1S/C9H13N5S/c1-4-7-6(5-13(2)11-7)8-10-9(15)14(3)12-8/h5H,4H2,1-3H3,(H,10,12,15). The Morgan fingerprint density at radius 2 is 2.20 bits per heavy atom. The second kappa shape index (κ2) is 3.62. The van der Waals surface area contributed by atoms with Gasteiger partial charge in [0.25, 0.3) is 0 Å². The molecule has 0 aromatic carbocycles. The van der Waals surface area contributed by atoms with Crippen molar-refractivity contribution in [3.63, 3.8) is 0 Å². The summed E-state index contributed by atoms with van der Waals surface area (Å²) in [4.78, 5) is 4.27. The fourth-order valence-corrected chi connectivity index (χ4v) is 1.65. The van der Waals surface area contributed by atoms with Gasteiger partial charge in [0, 0.05) is 20.3 Å². The summed E-state index contributed by atoms with van der Waals surface area (Å²) < 4.78 is 4.06. The molecule has 0 amide bonds. The van der Waals surface area contributed by atoms with Crippen molar-refractivity contribution in [1.82, 2.24) is 24.5 Å². The molecule has 15 heavy (non-hydrogen) atoms. The number of aromatic amines is 1. The summed E-state index contributed by atoms with van der Waals surface area (Å²) in [6.07, 6.45) is 2.83. The zero-order chi connectivity index (χ0) is 11.0. The maximum Gasteiger partial charge on any atom is 0.216 e. The Labute approximate surface area is 92.7 Å². The average Bonchev–Trinajstić information content (AvgIpc) is 2.71. The van der Waals surface area contributed by atoms with Crippen LogP contribution >= 0.6 is 12.2 Å². The lowest BCUT2D eigenvalue weighted by atomic mass is 10.2. The maximum absolute atomic E-state index is 5.05. The van der Waals surface area contributed by atoms with Crippen LogP contribution in [0.15, 0.2) is 6.20 Å². The van der Waals surface area contributed by atoms with Crippen LogP contribution in [0.1, 0.15) is 12.6 Å². The van der Waals surface area contributed by atoms with Gasteiger partial charge in [-0.3, -0.25) is 14.5 Å². The molecule has 2 aromatic heterocycles. The van der Waals surface area contributed by atoms with Gasteiger partial charge in [-0.2, -0.15) is 10.1 Å². The molecule has 6 heteroatoms. The van der Waals surface area contributed by atoms with Crippen LogP contribution in [-0.2, 0) is 20.5 Å². The maximum atomic E-state index is 5.05. The minimum absolute atomic E-state index is 0.552. The van der Waals surface area contributed by atoms with Crippen LogP contribution in [0.5, 0.6) is 0 Å². The van der Waals surface area contributed by atoms with Gasteiger partial charge in [-0.25, -0.2) is 0 Å². The van der Waals surface area contributed by atoms with Gasteiger partial charge in [0.2, 0.25) is 4.77 Å². The number of aryl methyl sites for hydroxylation is 3. The fourth-order valence-electron chi connectivity index (χ4n) is 1.52. The van der Waals surface area contributed by atoms with E-state index < -0.39 is 0 Å². The van der Waals surface area contributed by atoms with Crippen molar-refractivity contribution in [3.8, 4) is 11.4 Å². The molecule has 0 fully saturated rings. The molecule has 0 atom stereocenters. The Morgan fingerprint density at radius 1 is 1.47 bits per heavy atom. The lowest BCUT2D eigenvalue weighted by Gasteiger charge is -1.93. The van der Waals surface area contributed by atoms with Crippen LogP contribution in [0.3, 0.4) is 0 Å². The van der Waals surface area contributed by atoms with Crippen LogP contribution in [0.4, 0.5) is 0 Å². The molecule has 2 aromatic rings. The minimum atomic E-state index is 0.552. The summed E-state index contributed by atoms with van der Waals surface area (Å²) >= 11 is 5.05. The topological polar surface area (TPSA) is 51.4 Å². The first kappa shape index (κ1) is 10.1. The van der Waals surface area contributed by atoms with Gasteiger partial charge in [0.05, 0.1) is 11.3 Å². The number of rotatable bonds is 2. The van der Waals surface area contributed by atoms with Crippen molar-refractivity contribution in [3.05, 3.63) is 16.7 Å². The highest BCUT2D eigenvalue weighted by atomic mass is 32.1.